The van der Waals surface area contributed by atoms with Gasteiger partial charge in [-0.2, -0.15) is 4.74 Å². The molecule has 2 N–H and O–H groups in total. The van der Waals surface area contributed by atoms with E-state index in [-0.39, 0.29) is 13.2 Å². The van der Waals surface area contributed by atoms with Crippen molar-refractivity contribution in [3.05, 3.63) is 0 Å². The lowest BCUT2D eigenvalue weighted by molar-refractivity contribution is -0.463. The van der Waals surface area contributed by atoms with Crippen LogP contribution in [0.2, 0.25) is 0 Å². The van der Waals surface area contributed by atoms with Crippen LogP contribution in [-0.2, 0) is 18.9 Å². The number of aliphatic hydroxyl groups is 2. The minimum absolute atomic E-state index is 0.0413. The Balaban J connectivity index is 0. The number of aliphatic hydroxyl groups excluding tert-OH is 2. The van der Waals surface area contributed by atoms with Crippen LogP contribution in [-0.4, -0.2) is 75.8 Å². The molecule has 0 radical (unpaired) electrons. The maximum Gasteiger partial charge on any atom is 0.529 e. The van der Waals surface area contributed by atoms with Crippen molar-refractivity contribution in [2.45, 2.75) is 12.7 Å². The molecule has 0 amide bonds. The molecule has 22 heavy (non-hydrogen) atoms. The molecule has 0 spiro atoms. The molecule has 0 atom stereocenters. The van der Waals surface area contributed by atoms with Gasteiger partial charge in [-0.05, 0) is 0 Å². The van der Waals surface area contributed by atoms with Crippen molar-refractivity contribution in [1.29, 1.82) is 0 Å². The van der Waals surface area contributed by atoms with Gasteiger partial charge in [0, 0.05) is 0 Å². The average Bonchev–Trinajstić information content (AvgIpc) is 2.33. The second-order valence-electron chi connectivity index (χ2n) is 3.28. The van der Waals surface area contributed by atoms with Crippen molar-refractivity contribution in [3.8, 4) is 0 Å². The first kappa shape index (κ1) is 23.6. The zero-order valence-electron chi connectivity index (χ0n) is 11.5. The van der Waals surface area contributed by atoms with Crippen LogP contribution in [0.3, 0.4) is 0 Å². The van der Waals surface area contributed by atoms with Crippen LogP contribution in [0, 0.1) is 0 Å². The van der Waals surface area contributed by atoms with E-state index in [0.29, 0.717) is 39.6 Å². The largest absolute Gasteiger partial charge is 0.529 e. The lowest BCUT2D eigenvalue weighted by Crippen LogP contribution is -2.25. The smallest absolute Gasteiger partial charge is 0.394 e. The van der Waals surface area contributed by atoms with Gasteiger partial charge in [0.05, 0.1) is 52.9 Å². The Morgan fingerprint density at radius 1 is 0.545 bits per heavy atom. The third-order valence-electron chi connectivity index (χ3n) is 1.45. The van der Waals surface area contributed by atoms with Crippen LogP contribution in [0.25, 0.3) is 0 Å². The van der Waals surface area contributed by atoms with Crippen LogP contribution in [0.15, 0.2) is 0 Å². The molecule has 0 fully saturated rings. The van der Waals surface area contributed by atoms with Crippen molar-refractivity contribution in [2.75, 3.05) is 52.9 Å². The normalized spacial score (nSPS) is 12.0. The van der Waals surface area contributed by atoms with Crippen molar-refractivity contribution >= 4 is 0 Å². The highest BCUT2D eigenvalue weighted by Crippen LogP contribution is 2.28. The van der Waals surface area contributed by atoms with E-state index in [0.717, 1.165) is 0 Å². The predicted molar refractivity (Wildman–Crippen MR) is 59.8 cm³/mol. The van der Waals surface area contributed by atoms with Gasteiger partial charge in [-0.1, -0.05) is 0 Å². The van der Waals surface area contributed by atoms with E-state index in [9.17, 15) is 26.3 Å². The van der Waals surface area contributed by atoms with Gasteiger partial charge in [0.25, 0.3) is 0 Å². The molecular formula is C10H18F6O6. The number of hydrogen-bond donors (Lipinski definition) is 2. The minimum Gasteiger partial charge on any atom is -0.394 e. The predicted octanol–water partition coefficient (Wildman–Crippen LogP) is 1.06. The molecule has 0 aliphatic rings. The van der Waals surface area contributed by atoms with E-state index in [1.807, 2.05) is 0 Å². The lowest BCUT2D eigenvalue weighted by atomic mass is 10.7. The molecule has 0 aliphatic heterocycles. The molecule has 0 heterocycles. The van der Waals surface area contributed by atoms with Crippen LogP contribution in [0.1, 0.15) is 0 Å². The summed E-state index contributed by atoms with van der Waals surface area (Å²) in [7, 11) is 0. The lowest BCUT2D eigenvalue weighted by Gasteiger charge is -2.08. The first-order valence-electron chi connectivity index (χ1n) is 5.91. The number of hydrogen-bond acceptors (Lipinski definition) is 6. The summed E-state index contributed by atoms with van der Waals surface area (Å²) in [5, 5.41) is 16.7. The second-order valence-corrected chi connectivity index (χ2v) is 3.28. The van der Waals surface area contributed by atoms with Gasteiger partial charge in [0.2, 0.25) is 0 Å². The van der Waals surface area contributed by atoms with Crippen LogP contribution in [0.4, 0.5) is 26.3 Å². The molecule has 0 bridgehead atoms. The van der Waals surface area contributed by atoms with Crippen LogP contribution >= 0.6 is 0 Å². The van der Waals surface area contributed by atoms with Crippen LogP contribution < -0.4 is 0 Å². The Hall–Kier alpha value is -0.660. The second kappa shape index (κ2) is 14.0. The maximum absolute atomic E-state index is 10.6. The van der Waals surface area contributed by atoms with Gasteiger partial charge in [0.1, 0.15) is 0 Å². The molecule has 0 unspecified atom stereocenters. The fourth-order valence-corrected chi connectivity index (χ4v) is 0.802. The summed E-state index contributed by atoms with van der Waals surface area (Å²) in [4.78, 5) is 0. The summed E-state index contributed by atoms with van der Waals surface area (Å²) >= 11 is 0. The number of alkyl halides is 6. The van der Waals surface area contributed by atoms with Gasteiger partial charge < -0.3 is 24.4 Å². The van der Waals surface area contributed by atoms with Crippen molar-refractivity contribution in [3.63, 3.8) is 0 Å². The number of ether oxygens (including phenoxy) is 4. The van der Waals surface area contributed by atoms with Gasteiger partial charge in [-0.25, -0.2) is 0 Å². The Bertz CT molecular complexity index is 213. The Kier molecular flexibility index (Phi) is 15.0. The van der Waals surface area contributed by atoms with E-state index < -0.39 is 12.7 Å². The molecule has 0 saturated heterocycles. The summed E-state index contributed by atoms with van der Waals surface area (Å²) in [6.07, 6.45) is -11.3. The first-order chi connectivity index (χ1) is 10.1. The SMILES string of the molecule is FC(F)(F)OC(F)(F)F.OCCOCCOCCOCCO. The van der Waals surface area contributed by atoms with E-state index in [2.05, 4.69) is 0 Å². The molecule has 6 nitrogen and oxygen atoms in total. The molecule has 0 aromatic heterocycles. The summed E-state index contributed by atoms with van der Waals surface area (Å²) < 4.78 is 80.3. The minimum atomic E-state index is -5.64. The number of rotatable bonds is 10. The Morgan fingerprint density at radius 2 is 0.818 bits per heavy atom. The van der Waals surface area contributed by atoms with Gasteiger partial charge >= 0.3 is 12.7 Å². The molecule has 12 heteroatoms. The summed E-state index contributed by atoms with van der Waals surface area (Å²) in [6, 6.07) is 0. The maximum atomic E-state index is 10.6. The molecule has 0 rings (SSSR count). The summed E-state index contributed by atoms with van der Waals surface area (Å²) in [5.74, 6) is 0. The Morgan fingerprint density at radius 3 is 1.00 bits per heavy atom. The molecular weight excluding hydrogens is 330 g/mol. The molecule has 0 aromatic rings. The zero-order valence-corrected chi connectivity index (χ0v) is 11.5. The molecule has 0 saturated carbocycles. The van der Waals surface area contributed by atoms with Gasteiger partial charge in [0.15, 0.2) is 0 Å². The van der Waals surface area contributed by atoms with Crippen LogP contribution in [0.5, 0.6) is 0 Å². The summed E-state index contributed by atoms with van der Waals surface area (Å²) in [6.45, 7) is 2.76. The standard InChI is InChI=1S/C8H18O5.C2F6O/c9-1-3-11-5-7-13-8-6-12-4-2-10;3-1(4,5)9-2(6,7)8/h9-10H,1-8H2;. The quantitative estimate of drug-likeness (QED) is 0.454. The van der Waals surface area contributed by atoms with Gasteiger partial charge in [-0.15, -0.1) is 26.3 Å². The zero-order chi connectivity index (χ0) is 17.5. The fourth-order valence-electron chi connectivity index (χ4n) is 0.802. The van der Waals surface area contributed by atoms with Crippen molar-refractivity contribution < 1.29 is 55.5 Å². The summed E-state index contributed by atoms with van der Waals surface area (Å²) in [5.41, 5.74) is 0. The van der Waals surface area contributed by atoms with Gasteiger partial charge in [-0.3, -0.25) is 0 Å². The molecule has 136 valence electrons. The molecule has 0 aliphatic carbocycles. The monoisotopic (exact) mass is 348 g/mol. The first-order valence-corrected chi connectivity index (χ1v) is 5.91. The van der Waals surface area contributed by atoms with E-state index >= 15 is 0 Å². The Labute approximate surface area is 122 Å². The van der Waals surface area contributed by atoms with E-state index in [4.69, 9.17) is 24.4 Å². The fraction of sp³-hybridized carbons (Fsp3) is 1.00. The third kappa shape index (κ3) is 27.6. The van der Waals surface area contributed by atoms with Crippen molar-refractivity contribution in [2.24, 2.45) is 0 Å². The van der Waals surface area contributed by atoms with E-state index in [1.165, 1.54) is 0 Å². The number of halogens is 6. The topological polar surface area (TPSA) is 77.4 Å². The highest BCUT2D eigenvalue weighted by molar-refractivity contribution is 4.33. The van der Waals surface area contributed by atoms with E-state index in [1.54, 1.807) is 4.74 Å². The van der Waals surface area contributed by atoms with Crippen molar-refractivity contribution in [1.82, 2.24) is 0 Å². The average molecular weight is 348 g/mol. The highest BCUT2D eigenvalue weighted by Gasteiger charge is 2.45. The highest BCUT2D eigenvalue weighted by atomic mass is 19.4. The molecule has 0 aromatic carbocycles. The third-order valence-corrected chi connectivity index (χ3v) is 1.45.